The summed E-state index contributed by atoms with van der Waals surface area (Å²) >= 11 is 0. The van der Waals surface area contributed by atoms with Crippen molar-refractivity contribution in [1.29, 1.82) is 5.26 Å². The van der Waals surface area contributed by atoms with Gasteiger partial charge in [-0.2, -0.15) is 18.4 Å². The summed E-state index contributed by atoms with van der Waals surface area (Å²) in [5, 5.41) is 12.9. The van der Waals surface area contributed by atoms with Crippen molar-refractivity contribution < 1.29 is 22.7 Å². The molecule has 4 aromatic rings. The molecular weight excluding hydrogens is 433 g/mol. The molecule has 0 aliphatic heterocycles. The molecule has 164 valence electrons. The maximum Gasteiger partial charge on any atom is 0.417 e. The summed E-state index contributed by atoms with van der Waals surface area (Å²) in [4.78, 5) is 16.6. The van der Waals surface area contributed by atoms with E-state index in [9.17, 15) is 18.0 Å². The van der Waals surface area contributed by atoms with Crippen LogP contribution in [-0.2, 0) is 6.18 Å². The Balaban J connectivity index is 1.59. The first-order chi connectivity index (χ1) is 15.7. The van der Waals surface area contributed by atoms with Crippen LogP contribution in [0.5, 0.6) is 11.5 Å². The number of carbonyl (C=O) groups is 1. The van der Waals surface area contributed by atoms with E-state index >= 15 is 0 Å². The summed E-state index contributed by atoms with van der Waals surface area (Å²) in [6, 6.07) is 17.9. The van der Waals surface area contributed by atoms with E-state index in [2.05, 4.69) is 10.3 Å². The van der Waals surface area contributed by atoms with E-state index in [0.29, 0.717) is 22.7 Å². The van der Waals surface area contributed by atoms with E-state index in [1.54, 1.807) is 42.5 Å². The summed E-state index contributed by atoms with van der Waals surface area (Å²) in [5.41, 5.74) is 4.20. The number of carbonyl (C=O) groups excluding carboxylic acids is 1. The first-order valence-corrected chi connectivity index (χ1v) is 9.59. The summed E-state index contributed by atoms with van der Waals surface area (Å²) in [6.07, 6.45) is -3.20. The third-order valence-corrected chi connectivity index (χ3v) is 4.77. The van der Waals surface area contributed by atoms with Crippen LogP contribution in [0.2, 0.25) is 0 Å². The highest BCUT2D eigenvalue weighted by Gasteiger charge is 2.34. The highest BCUT2D eigenvalue weighted by Crippen LogP contribution is 2.34. The molecule has 0 saturated heterocycles. The topological polar surface area (TPSA) is 101 Å². The van der Waals surface area contributed by atoms with Crippen LogP contribution in [0.3, 0.4) is 0 Å². The van der Waals surface area contributed by atoms with E-state index in [0.717, 1.165) is 17.5 Å². The van der Waals surface area contributed by atoms with Crippen LogP contribution in [0.25, 0.3) is 10.8 Å². The Morgan fingerprint density at radius 1 is 0.970 bits per heavy atom. The van der Waals surface area contributed by atoms with Crippen LogP contribution in [0, 0.1) is 11.3 Å². The molecule has 0 aliphatic carbocycles. The number of nitrogens with two attached hydrogens (primary N) is 1. The molecule has 6 nitrogen and oxygen atoms in total. The average Bonchev–Trinajstić information content (AvgIpc) is 2.78. The lowest BCUT2D eigenvalue weighted by atomic mass is 10.1. The third-order valence-electron chi connectivity index (χ3n) is 4.77. The van der Waals surface area contributed by atoms with Crippen molar-refractivity contribution in [3.8, 4) is 17.6 Å². The number of halogens is 3. The second kappa shape index (κ2) is 8.51. The monoisotopic (exact) mass is 448 g/mol. The molecule has 0 aliphatic rings. The zero-order chi connectivity index (χ0) is 23.6. The van der Waals surface area contributed by atoms with Crippen molar-refractivity contribution in [2.45, 2.75) is 6.18 Å². The number of alkyl halides is 3. The van der Waals surface area contributed by atoms with Gasteiger partial charge in [-0.1, -0.05) is 12.1 Å². The summed E-state index contributed by atoms with van der Waals surface area (Å²) < 4.78 is 45.3. The number of benzene rings is 3. The largest absolute Gasteiger partial charge is 0.457 e. The number of hydrogen-bond acceptors (Lipinski definition) is 5. The van der Waals surface area contributed by atoms with Gasteiger partial charge in [-0.3, -0.25) is 4.79 Å². The van der Waals surface area contributed by atoms with Crippen molar-refractivity contribution >= 4 is 28.2 Å². The van der Waals surface area contributed by atoms with Crippen molar-refractivity contribution in [2.75, 3.05) is 11.1 Å². The van der Waals surface area contributed by atoms with E-state index < -0.39 is 23.2 Å². The molecule has 3 N–H and O–H groups in total. The minimum absolute atomic E-state index is 0.0706. The first-order valence-electron chi connectivity index (χ1n) is 9.59. The predicted octanol–water partition coefficient (Wildman–Crippen LogP) is 5.75. The van der Waals surface area contributed by atoms with Crippen LogP contribution in [0.1, 0.15) is 21.5 Å². The molecule has 0 fully saturated rings. The normalized spacial score (nSPS) is 11.1. The summed E-state index contributed by atoms with van der Waals surface area (Å²) in [7, 11) is 0. The molecule has 0 unspecified atom stereocenters. The van der Waals surface area contributed by atoms with Crippen molar-refractivity contribution in [1.82, 2.24) is 4.98 Å². The second-order valence-corrected chi connectivity index (χ2v) is 7.07. The number of fused-ring (bicyclic) bond motifs is 1. The third kappa shape index (κ3) is 4.85. The van der Waals surface area contributed by atoms with Crippen LogP contribution in [0.15, 0.2) is 72.9 Å². The van der Waals surface area contributed by atoms with Gasteiger partial charge in [0.1, 0.15) is 17.3 Å². The number of hydrogen-bond donors (Lipinski definition) is 2. The SMILES string of the molecule is N#Cc1ccc(NC(=O)c2ccc3ccc(Oc4ccnc(N)c4)cc3c2)cc1C(F)(F)F. The second-order valence-electron chi connectivity index (χ2n) is 7.07. The lowest BCUT2D eigenvalue weighted by Crippen LogP contribution is -2.14. The van der Waals surface area contributed by atoms with Crippen LogP contribution >= 0.6 is 0 Å². The highest BCUT2D eigenvalue weighted by molar-refractivity contribution is 6.06. The van der Waals surface area contributed by atoms with Gasteiger partial charge in [-0.15, -0.1) is 0 Å². The Morgan fingerprint density at radius 3 is 2.45 bits per heavy atom. The number of ether oxygens (including phenoxy) is 1. The Bertz CT molecular complexity index is 1410. The fourth-order valence-corrected chi connectivity index (χ4v) is 3.21. The summed E-state index contributed by atoms with van der Waals surface area (Å²) in [5.74, 6) is 0.719. The molecule has 0 bridgehead atoms. The highest BCUT2D eigenvalue weighted by atomic mass is 19.4. The molecule has 0 spiro atoms. The number of aromatic nitrogens is 1. The van der Waals surface area contributed by atoms with Gasteiger partial charge in [0.15, 0.2) is 0 Å². The Hall–Kier alpha value is -4.58. The molecule has 1 aromatic heterocycles. The van der Waals surface area contributed by atoms with Crippen molar-refractivity contribution in [3.63, 3.8) is 0 Å². The number of nitrogen functional groups attached to an aromatic ring is 1. The van der Waals surface area contributed by atoms with Gasteiger partial charge in [0.05, 0.1) is 17.2 Å². The van der Waals surface area contributed by atoms with Gasteiger partial charge in [0.2, 0.25) is 0 Å². The summed E-state index contributed by atoms with van der Waals surface area (Å²) in [6.45, 7) is 0. The molecule has 0 radical (unpaired) electrons. The zero-order valence-electron chi connectivity index (χ0n) is 16.9. The van der Waals surface area contributed by atoms with E-state index in [1.165, 1.54) is 18.3 Å². The molecule has 0 saturated carbocycles. The average molecular weight is 448 g/mol. The van der Waals surface area contributed by atoms with Crippen LogP contribution < -0.4 is 15.8 Å². The fraction of sp³-hybridized carbons (Fsp3) is 0.0417. The quantitative estimate of drug-likeness (QED) is 0.414. The number of rotatable bonds is 4. The molecular formula is C24H15F3N4O2. The Morgan fingerprint density at radius 2 is 1.73 bits per heavy atom. The lowest BCUT2D eigenvalue weighted by molar-refractivity contribution is -0.137. The number of nitrogens with one attached hydrogen (secondary N) is 1. The minimum Gasteiger partial charge on any atom is -0.457 e. The van der Waals surface area contributed by atoms with Crippen LogP contribution in [-0.4, -0.2) is 10.9 Å². The van der Waals surface area contributed by atoms with Gasteiger partial charge < -0.3 is 15.8 Å². The van der Waals surface area contributed by atoms with Crippen molar-refractivity contribution in [2.24, 2.45) is 0 Å². The lowest BCUT2D eigenvalue weighted by Gasteiger charge is -2.12. The molecule has 33 heavy (non-hydrogen) atoms. The Labute approximate surface area is 186 Å². The van der Waals surface area contributed by atoms with Gasteiger partial charge in [0.25, 0.3) is 5.91 Å². The predicted molar refractivity (Wildman–Crippen MR) is 117 cm³/mol. The van der Waals surface area contributed by atoms with Crippen molar-refractivity contribution in [3.05, 3.63) is 89.6 Å². The fourth-order valence-electron chi connectivity index (χ4n) is 3.21. The molecule has 3 aromatic carbocycles. The molecule has 4 rings (SSSR count). The maximum atomic E-state index is 13.2. The standard InChI is InChI=1S/C24H15F3N4O2/c25-24(26,27)21-11-18(5-3-16(21)13-28)31-23(32)15-2-1-14-4-6-19(10-17(14)9-15)33-20-7-8-30-22(29)12-20/h1-12H,(H2,29,30)(H,31,32). The molecule has 9 heteroatoms. The smallest absolute Gasteiger partial charge is 0.417 e. The van der Waals surface area contributed by atoms with Gasteiger partial charge in [-0.05, 0) is 59.3 Å². The van der Waals surface area contributed by atoms with Crippen LogP contribution in [0.4, 0.5) is 24.7 Å². The molecule has 1 amide bonds. The number of anilines is 2. The number of pyridine rings is 1. The zero-order valence-corrected chi connectivity index (χ0v) is 16.9. The van der Waals surface area contributed by atoms with Gasteiger partial charge in [0, 0.05) is 23.5 Å². The maximum absolute atomic E-state index is 13.2. The van der Waals surface area contributed by atoms with E-state index in [4.69, 9.17) is 15.7 Å². The number of nitriles is 1. The minimum atomic E-state index is -4.72. The van der Waals surface area contributed by atoms with Gasteiger partial charge in [-0.25, -0.2) is 4.98 Å². The Kier molecular flexibility index (Phi) is 5.58. The first kappa shape index (κ1) is 21.6. The molecule has 1 heterocycles. The number of nitrogens with zero attached hydrogens (tertiary/aromatic N) is 2. The van der Waals surface area contributed by atoms with E-state index in [1.807, 2.05) is 6.07 Å². The molecule has 0 atom stereocenters. The number of amides is 1. The van der Waals surface area contributed by atoms with Gasteiger partial charge >= 0.3 is 6.18 Å². The van der Waals surface area contributed by atoms with E-state index in [-0.39, 0.29) is 11.3 Å².